The molecule has 3 aromatic rings. The van der Waals surface area contributed by atoms with Crippen LogP contribution in [0.15, 0.2) is 42.5 Å². The Morgan fingerprint density at radius 2 is 1.95 bits per heavy atom. The van der Waals surface area contributed by atoms with E-state index in [1.54, 1.807) is 11.3 Å². The van der Waals surface area contributed by atoms with Crippen molar-refractivity contribution in [3.63, 3.8) is 0 Å². The van der Waals surface area contributed by atoms with Crippen molar-refractivity contribution in [2.45, 2.75) is 20.3 Å². The SMILES string of the molecule is CCc1nc2ccc(NC(=O)c3ccc(C)cc3)cc2s1. The van der Waals surface area contributed by atoms with E-state index in [4.69, 9.17) is 0 Å². The first-order chi connectivity index (χ1) is 10.2. The number of hydrogen-bond donors (Lipinski definition) is 1. The monoisotopic (exact) mass is 296 g/mol. The van der Waals surface area contributed by atoms with Gasteiger partial charge in [-0.15, -0.1) is 11.3 Å². The van der Waals surface area contributed by atoms with Crippen LogP contribution < -0.4 is 5.32 Å². The minimum atomic E-state index is -0.0884. The van der Waals surface area contributed by atoms with E-state index in [2.05, 4.69) is 17.2 Å². The second-order valence-electron chi connectivity index (χ2n) is 4.96. The summed E-state index contributed by atoms with van der Waals surface area (Å²) < 4.78 is 1.11. The molecule has 1 heterocycles. The number of amides is 1. The number of nitrogens with one attached hydrogen (secondary N) is 1. The molecular weight excluding hydrogens is 280 g/mol. The lowest BCUT2D eigenvalue weighted by Crippen LogP contribution is -2.11. The Kier molecular flexibility index (Phi) is 3.71. The normalized spacial score (nSPS) is 10.8. The molecule has 0 radical (unpaired) electrons. The van der Waals surface area contributed by atoms with Gasteiger partial charge in [0.2, 0.25) is 0 Å². The highest BCUT2D eigenvalue weighted by Crippen LogP contribution is 2.25. The summed E-state index contributed by atoms with van der Waals surface area (Å²) in [4.78, 5) is 16.7. The summed E-state index contributed by atoms with van der Waals surface area (Å²) in [6, 6.07) is 13.4. The van der Waals surface area contributed by atoms with Crippen molar-refractivity contribution in [1.29, 1.82) is 0 Å². The van der Waals surface area contributed by atoms with E-state index < -0.39 is 0 Å². The van der Waals surface area contributed by atoms with Crippen molar-refractivity contribution in [2.75, 3.05) is 5.32 Å². The molecule has 1 aromatic heterocycles. The number of benzene rings is 2. The summed E-state index contributed by atoms with van der Waals surface area (Å²) in [5.74, 6) is -0.0884. The Morgan fingerprint density at radius 3 is 2.67 bits per heavy atom. The maximum absolute atomic E-state index is 12.2. The molecule has 0 bridgehead atoms. The van der Waals surface area contributed by atoms with Crippen LogP contribution in [0.4, 0.5) is 5.69 Å². The maximum atomic E-state index is 12.2. The molecule has 4 heteroatoms. The van der Waals surface area contributed by atoms with E-state index in [1.165, 1.54) is 0 Å². The Labute approximate surface area is 127 Å². The van der Waals surface area contributed by atoms with Crippen LogP contribution >= 0.6 is 11.3 Å². The third-order valence-corrected chi connectivity index (χ3v) is 4.47. The zero-order valence-electron chi connectivity index (χ0n) is 12.0. The van der Waals surface area contributed by atoms with Gasteiger partial charge in [0, 0.05) is 11.3 Å². The summed E-state index contributed by atoms with van der Waals surface area (Å²) in [6.45, 7) is 4.10. The molecule has 0 aliphatic carbocycles. The standard InChI is InChI=1S/C17H16N2OS/c1-3-16-19-14-9-8-13(10-15(14)21-16)18-17(20)12-6-4-11(2)5-7-12/h4-10H,3H2,1-2H3,(H,18,20). The summed E-state index contributed by atoms with van der Waals surface area (Å²) in [6.07, 6.45) is 0.935. The maximum Gasteiger partial charge on any atom is 0.255 e. The first kappa shape index (κ1) is 13.8. The van der Waals surface area contributed by atoms with Gasteiger partial charge in [-0.25, -0.2) is 4.98 Å². The summed E-state index contributed by atoms with van der Waals surface area (Å²) in [5.41, 5.74) is 3.61. The minimum absolute atomic E-state index is 0.0884. The third-order valence-electron chi connectivity index (χ3n) is 3.31. The van der Waals surface area contributed by atoms with Gasteiger partial charge in [0.25, 0.3) is 5.91 Å². The Hall–Kier alpha value is -2.20. The van der Waals surface area contributed by atoms with Crippen LogP contribution in [0, 0.1) is 6.92 Å². The van der Waals surface area contributed by atoms with Crippen LogP contribution in [-0.4, -0.2) is 10.9 Å². The zero-order valence-corrected chi connectivity index (χ0v) is 12.8. The molecule has 106 valence electrons. The minimum Gasteiger partial charge on any atom is -0.322 e. The molecule has 21 heavy (non-hydrogen) atoms. The number of carbonyl (C=O) groups excluding carboxylic acids is 1. The molecule has 0 saturated heterocycles. The molecule has 1 amide bonds. The number of anilines is 1. The smallest absolute Gasteiger partial charge is 0.255 e. The summed E-state index contributed by atoms with van der Waals surface area (Å²) in [7, 11) is 0. The average molecular weight is 296 g/mol. The van der Waals surface area contributed by atoms with Gasteiger partial charge in [0.05, 0.1) is 15.2 Å². The van der Waals surface area contributed by atoms with Gasteiger partial charge in [-0.1, -0.05) is 24.6 Å². The molecule has 0 unspecified atom stereocenters. The number of rotatable bonds is 3. The predicted octanol–water partition coefficient (Wildman–Crippen LogP) is 4.42. The predicted molar refractivity (Wildman–Crippen MR) is 88.1 cm³/mol. The lowest BCUT2D eigenvalue weighted by molar-refractivity contribution is 0.102. The largest absolute Gasteiger partial charge is 0.322 e. The van der Waals surface area contributed by atoms with Crippen molar-refractivity contribution in [2.24, 2.45) is 0 Å². The van der Waals surface area contributed by atoms with Gasteiger partial charge in [-0.3, -0.25) is 4.79 Å². The third kappa shape index (κ3) is 2.95. The van der Waals surface area contributed by atoms with Crippen molar-refractivity contribution in [1.82, 2.24) is 4.98 Å². The molecule has 3 nitrogen and oxygen atoms in total. The van der Waals surface area contributed by atoms with Gasteiger partial charge >= 0.3 is 0 Å². The van der Waals surface area contributed by atoms with E-state index >= 15 is 0 Å². The fourth-order valence-corrected chi connectivity index (χ4v) is 3.06. The first-order valence-corrected chi connectivity index (χ1v) is 7.75. The first-order valence-electron chi connectivity index (χ1n) is 6.93. The highest BCUT2D eigenvalue weighted by atomic mass is 32.1. The number of hydrogen-bond acceptors (Lipinski definition) is 3. The number of fused-ring (bicyclic) bond motifs is 1. The zero-order chi connectivity index (χ0) is 14.8. The molecule has 0 spiro atoms. The molecular formula is C17H16N2OS. The van der Waals surface area contributed by atoms with E-state index in [0.29, 0.717) is 5.56 Å². The van der Waals surface area contributed by atoms with Crippen LogP contribution in [0.1, 0.15) is 27.9 Å². The van der Waals surface area contributed by atoms with Crippen LogP contribution in [-0.2, 0) is 6.42 Å². The fraction of sp³-hybridized carbons (Fsp3) is 0.176. The Balaban J connectivity index is 1.83. The number of aromatic nitrogens is 1. The van der Waals surface area contributed by atoms with E-state index in [1.807, 2.05) is 49.4 Å². The van der Waals surface area contributed by atoms with Gasteiger partial charge < -0.3 is 5.32 Å². The molecule has 1 N–H and O–H groups in total. The number of carbonyl (C=O) groups is 1. The number of nitrogens with zero attached hydrogens (tertiary/aromatic N) is 1. The van der Waals surface area contributed by atoms with Gasteiger partial charge in [0.15, 0.2) is 0 Å². The van der Waals surface area contributed by atoms with Crippen LogP contribution in [0.3, 0.4) is 0 Å². The van der Waals surface area contributed by atoms with Gasteiger partial charge in [-0.05, 0) is 43.7 Å². The average Bonchev–Trinajstić information content (AvgIpc) is 2.90. The van der Waals surface area contributed by atoms with Crippen LogP contribution in [0.25, 0.3) is 10.2 Å². The van der Waals surface area contributed by atoms with Crippen molar-refractivity contribution >= 4 is 33.1 Å². The van der Waals surface area contributed by atoms with E-state index in [-0.39, 0.29) is 5.91 Å². The van der Waals surface area contributed by atoms with Crippen LogP contribution in [0.5, 0.6) is 0 Å². The highest BCUT2D eigenvalue weighted by molar-refractivity contribution is 7.18. The molecule has 2 aromatic carbocycles. The fourth-order valence-electron chi connectivity index (χ4n) is 2.11. The second kappa shape index (κ2) is 5.66. The van der Waals surface area contributed by atoms with Gasteiger partial charge in [-0.2, -0.15) is 0 Å². The van der Waals surface area contributed by atoms with Crippen molar-refractivity contribution < 1.29 is 4.79 Å². The molecule has 0 aliphatic heterocycles. The summed E-state index contributed by atoms with van der Waals surface area (Å²) >= 11 is 1.67. The highest BCUT2D eigenvalue weighted by Gasteiger charge is 2.08. The van der Waals surface area contributed by atoms with Crippen molar-refractivity contribution in [3.8, 4) is 0 Å². The topological polar surface area (TPSA) is 42.0 Å². The second-order valence-corrected chi connectivity index (χ2v) is 6.08. The summed E-state index contributed by atoms with van der Waals surface area (Å²) in [5, 5.41) is 4.05. The van der Waals surface area contributed by atoms with Crippen LogP contribution in [0.2, 0.25) is 0 Å². The number of aryl methyl sites for hydroxylation is 2. The molecule has 0 aliphatic rings. The molecule has 0 atom stereocenters. The van der Waals surface area contributed by atoms with Gasteiger partial charge in [0.1, 0.15) is 0 Å². The molecule has 0 fully saturated rings. The van der Waals surface area contributed by atoms with Crippen molar-refractivity contribution in [3.05, 3.63) is 58.6 Å². The van der Waals surface area contributed by atoms with E-state index in [9.17, 15) is 4.79 Å². The lowest BCUT2D eigenvalue weighted by atomic mass is 10.1. The van der Waals surface area contributed by atoms with E-state index in [0.717, 1.165) is 32.9 Å². The Morgan fingerprint density at radius 1 is 1.19 bits per heavy atom. The lowest BCUT2D eigenvalue weighted by Gasteiger charge is -2.05. The quantitative estimate of drug-likeness (QED) is 0.777. The Bertz CT molecular complexity index is 790. The molecule has 0 saturated carbocycles. The molecule has 3 rings (SSSR count). The number of thiazole rings is 1.